The standard InChI is InChI=1S/C12H6F5O2P/c13-7-8(14)10(16)12(11(17)9(7)15)20(18,19)6-4-2-1-3-5-6/h1-5H,(H,18,19). The molecule has 2 aromatic carbocycles. The molecule has 0 amide bonds. The van der Waals surface area contributed by atoms with Gasteiger partial charge in [-0.05, 0) is 12.1 Å². The topological polar surface area (TPSA) is 37.3 Å². The minimum Gasteiger partial charge on any atom is -0.338 e. The maximum atomic E-state index is 13.5. The molecule has 0 heterocycles. The molecule has 0 aromatic heterocycles. The summed E-state index contributed by atoms with van der Waals surface area (Å²) in [5.74, 6) is -11.5. The monoisotopic (exact) mass is 308 g/mol. The van der Waals surface area contributed by atoms with Gasteiger partial charge in [-0.3, -0.25) is 4.57 Å². The van der Waals surface area contributed by atoms with Crippen LogP contribution >= 0.6 is 7.37 Å². The smallest absolute Gasteiger partial charge is 0.264 e. The quantitative estimate of drug-likeness (QED) is 0.401. The summed E-state index contributed by atoms with van der Waals surface area (Å²) in [6, 6.07) is 6.16. The molecule has 0 aliphatic rings. The highest BCUT2D eigenvalue weighted by molar-refractivity contribution is 7.73. The van der Waals surface area contributed by atoms with Crippen molar-refractivity contribution in [1.29, 1.82) is 0 Å². The van der Waals surface area contributed by atoms with Crippen LogP contribution in [-0.2, 0) is 4.57 Å². The number of halogens is 5. The molecule has 1 atom stereocenters. The van der Waals surface area contributed by atoms with Gasteiger partial charge >= 0.3 is 0 Å². The van der Waals surface area contributed by atoms with Gasteiger partial charge in [-0.2, -0.15) is 0 Å². The zero-order valence-electron chi connectivity index (χ0n) is 9.58. The normalized spacial score (nSPS) is 14.1. The molecule has 0 fully saturated rings. The van der Waals surface area contributed by atoms with Crippen LogP contribution in [0.5, 0.6) is 0 Å². The lowest BCUT2D eigenvalue weighted by Crippen LogP contribution is -2.25. The Bertz CT molecular complexity index is 689. The van der Waals surface area contributed by atoms with E-state index in [1.165, 1.54) is 18.2 Å². The number of benzene rings is 2. The predicted octanol–water partition coefficient (Wildman–Crippen LogP) is 2.60. The highest BCUT2D eigenvalue weighted by Crippen LogP contribution is 2.41. The molecule has 0 aliphatic carbocycles. The molecule has 8 heteroatoms. The first kappa shape index (κ1) is 14.7. The van der Waals surface area contributed by atoms with Crippen LogP contribution in [0.15, 0.2) is 30.3 Å². The van der Waals surface area contributed by atoms with Gasteiger partial charge in [0, 0.05) is 5.30 Å². The molecular formula is C12H6F5O2P. The van der Waals surface area contributed by atoms with Crippen molar-refractivity contribution in [3.63, 3.8) is 0 Å². The fraction of sp³-hybridized carbons (Fsp3) is 0. The van der Waals surface area contributed by atoms with E-state index in [2.05, 4.69) is 0 Å². The molecule has 20 heavy (non-hydrogen) atoms. The molecule has 2 rings (SSSR count). The van der Waals surface area contributed by atoms with Crippen molar-refractivity contribution in [2.45, 2.75) is 0 Å². The van der Waals surface area contributed by atoms with E-state index in [-0.39, 0.29) is 0 Å². The second kappa shape index (κ2) is 5.00. The van der Waals surface area contributed by atoms with Gasteiger partial charge in [0.2, 0.25) is 5.82 Å². The zero-order chi connectivity index (χ0) is 15.1. The van der Waals surface area contributed by atoms with Gasteiger partial charge in [-0.15, -0.1) is 0 Å². The Balaban J connectivity index is 2.80. The third-order valence-electron chi connectivity index (χ3n) is 2.60. The molecule has 0 radical (unpaired) electrons. The Kier molecular flexibility index (Phi) is 3.67. The summed E-state index contributed by atoms with van der Waals surface area (Å²) in [5.41, 5.74) is 0. The highest BCUT2D eigenvalue weighted by atomic mass is 31.2. The lowest BCUT2D eigenvalue weighted by Gasteiger charge is -2.15. The van der Waals surface area contributed by atoms with E-state index in [0.717, 1.165) is 12.1 Å². The maximum Gasteiger partial charge on any atom is 0.264 e. The van der Waals surface area contributed by atoms with E-state index < -0.39 is 47.1 Å². The van der Waals surface area contributed by atoms with Crippen molar-refractivity contribution in [3.8, 4) is 0 Å². The summed E-state index contributed by atoms with van der Waals surface area (Å²) >= 11 is 0. The lowest BCUT2D eigenvalue weighted by molar-refractivity contribution is 0.382. The van der Waals surface area contributed by atoms with Crippen LogP contribution in [0.4, 0.5) is 22.0 Å². The summed E-state index contributed by atoms with van der Waals surface area (Å²) in [4.78, 5) is 9.78. The van der Waals surface area contributed by atoms with Gasteiger partial charge in [0.1, 0.15) is 5.30 Å². The first-order valence-electron chi connectivity index (χ1n) is 5.19. The highest BCUT2D eigenvalue weighted by Gasteiger charge is 2.37. The Morgan fingerprint density at radius 1 is 0.750 bits per heavy atom. The molecule has 1 N–H and O–H groups in total. The first-order valence-corrected chi connectivity index (χ1v) is 6.84. The van der Waals surface area contributed by atoms with Crippen molar-refractivity contribution >= 4 is 18.0 Å². The summed E-state index contributed by atoms with van der Waals surface area (Å²) in [6.07, 6.45) is 0. The molecule has 0 spiro atoms. The van der Waals surface area contributed by atoms with Crippen molar-refractivity contribution in [1.82, 2.24) is 0 Å². The van der Waals surface area contributed by atoms with Crippen molar-refractivity contribution in [2.75, 3.05) is 0 Å². The summed E-state index contributed by atoms with van der Waals surface area (Å²) in [5, 5.41) is -2.16. The van der Waals surface area contributed by atoms with Crippen LogP contribution in [-0.4, -0.2) is 4.89 Å². The largest absolute Gasteiger partial charge is 0.338 e. The SMILES string of the molecule is O=P(O)(c1ccccc1)c1c(F)c(F)c(F)c(F)c1F. The van der Waals surface area contributed by atoms with Crippen LogP contribution in [0.3, 0.4) is 0 Å². The van der Waals surface area contributed by atoms with Crippen LogP contribution in [0.25, 0.3) is 0 Å². The van der Waals surface area contributed by atoms with Crippen LogP contribution < -0.4 is 10.6 Å². The fourth-order valence-electron chi connectivity index (χ4n) is 1.62. The van der Waals surface area contributed by atoms with Gasteiger partial charge in [-0.25, -0.2) is 22.0 Å². The Morgan fingerprint density at radius 2 is 1.15 bits per heavy atom. The molecule has 0 aliphatic heterocycles. The Morgan fingerprint density at radius 3 is 1.60 bits per heavy atom. The molecule has 2 aromatic rings. The predicted molar refractivity (Wildman–Crippen MR) is 61.8 cm³/mol. The Labute approximate surface area is 109 Å². The summed E-state index contributed by atoms with van der Waals surface area (Å²) in [7, 11) is -4.94. The average Bonchev–Trinajstić information content (AvgIpc) is 2.44. The van der Waals surface area contributed by atoms with Gasteiger partial charge in [0.05, 0.1) is 0 Å². The fourth-order valence-corrected chi connectivity index (χ4v) is 3.18. The van der Waals surface area contributed by atoms with Gasteiger partial charge in [0.25, 0.3) is 7.37 Å². The lowest BCUT2D eigenvalue weighted by atomic mass is 10.3. The molecular weight excluding hydrogens is 302 g/mol. The van der Waals surface area contributed by atoms with E-state index >= 15 is 0 Å². The summed E-state index contributed by atoms with van der Waals surface area (Å²) < 4.78 is 78.2. The van der Waals surface area contributed by atoms with Crippen molar-refractivity contribution < 1.29 is 31.4 Å². The van der Waals surface area contributed by atoms with Gasteiger partial charge < -0.3 is 4.89 Å². The number of hydrogen-bond acceptors (Lipinski definition) is 1. The van der Waals surface area contributed by atoms with Crippen LogP contribution in [0, 0.1) is 29.1 Å². The van der Waals surface area contributed by atoms with Crippen LogP contribution in [0.2, 0.25) is 0 Å². The zero-order valence-corrected chi connectivity index (χ0v) is 10.5. The molecule has 2 nitrogen and oxygen atoms in total. The third kappa shape index (κ3) is 2.13. The first-order chi connectivity index (χ1) is 9.28. The second-order valence-corrected chi connectivity index (χ2v) is 5.95. The minimum absolute atomic E-state index is 0.441. The summed E-state index contributed by atoms with van der Waals surface area (Å²) in [6.45, 7) is 0. The average molecular weight is 308 g/mol. The van der Waals surface area contributed by atoms with E-state index in [9.17, 15) is 31.4 Å². The molecule has 1 unspecified atom stereocenters. The van der Waals surface area contributed by atoms with E-state index in [1.807, 2.05) is 0 Å². The van der Waals surface area contributed by atoms with Crippen molar-refractivity contribution in [3.05, 3.63) is 59.4 Å². The van der Waals surface area contributed by atoms with Gasteiger partial charge in [0.15, 0.2) is 23.3 Å². The van der Waals surface area contributed by atoms with Crippen LogP contribution in [0.1, 0.15) is 0 Å². The molecule has 0 bridgehead atoms. The van der Waals surface area contributed by atoms with Gasteiger partial charge in [-0.1, -0.05) is 18.2 Å². The number of hydrogen-bond donors (Lipinski definition) is 1. The minimum atomic E-state index is -4.94. The third-order valence-corrected chi connectivity index (χ3v) is 4.59. The van der Waals surface area contributed by atoms with E-state index in [1.54, 1.807) is 0 Å². The Hall–Kier alpha value is -1.72. The maximum absolute atomic E-state index is 13.5. The number of rotatable bonds is 2. The molecule has 106 valence electrons. The van der Waals surface area contributed by atoms with E-state index in [0.29, 0.717) is 0 Å². The molecule has 0 saturated heterocycles. The molecule has 0 saturated carbocycles. The van der Waals surface area contributed by atoms with E-state index in [4.69, 9.17) is 0 Å². The van der Waals surface area contributed by atoms with Crippen molar-refractivity contribution in [2.24, 2.45) is 0 Å². The second-order valence-electron chi connectivity index (χ2n) is 3.83.